The topological polar surface area (TPSA) is 44.1 Å². The highest BCUT2D eigenvalue weighted by molar-refractivity contribution is 6.33. The zero-order valence-electron chi connectivity index (χ0n) is 10.3. The summed E-state index contributed by atoms with van der Waals surface area (Å²) in [5.41, 5.74) is 1.59. The van der Waals surface area contributed by atoms with Gasteiger partial charge < -0.3 is 4.90 Å². The van der Waals surface area contributed by atoms with Crippen LogP contribution >= 0.6 is 11.6 Å². The predicted octanol–water partition coefficient (Wildman–Crippen LogP) is 3.02. The molecule has 3 nitrogen and oxygen atoms in total. The summed E-state index contributed by atoms with van der Waals surface area (Å²) in [5.74, 6) is 0.0546. The van der Waals surface area contributed by atoms with E-state index in [2.05, 4.69) is 6.07 Å². The van der Waals surface area contributed by atoms with Crippen LogP contribution in [0.3, 0.4) is 0 Å². The van der Waals surface area contributed by atoms with Crippen molar-refractivity contribution in [3.63, 3.8) is 0 Å². The third-order valence-corrected chi connectivity index (χ3v) is 3.63. The first kappa shape index (κ1) is 12.9. The lowest BCUT2D eigenvalue weighted by atomic mass is 9.98. The monoisotopic (exact) mass is 262 g/mol. The highest BCUT2D eigenvalue weighted by atomic mass is 35.5. The van der Waals surface area contributed by atoms with Crippen molar-refractivity contribution < 1.29 is 4.79 Å². The Bertz CT molecular complexity index is 499. The lowest BCUT2D eigenvalue weighted by Crippen LogP contribution is -2.38. The Labute approximate surface area is 112 Å². The van der Waals surface area contributed by atoms with Crippen LogP contribution in [-0.2, 0) is 0 Å². The molecule has 0 unspecified atom stereocenters. The minimum atomic E-state index is -0.0311. The Morgan fingerprint density at radius 2 is 2.11 bits per heavy atom. The van der Waals surface area contributed by atoms with Crippen LogP contribution in [0, 0.1) is 24.2 Å². The smallest absolute Gasteiger partial charge is 0.255 e. The van der Waals surface area contributed by atoms with E-state index < -0.39 is 0 Å². The maximum absolute atomic E-state index is 12.3. The molecule has 1 aliphatic rings. The molecule has 1 heterocycles. The summed E-state index contributed by atoms with van der Waals surface area (Å²) in [5, 5.41) is 9.34. The van der Waals surface area contributed by atoms with Crippen molar-refractivity contribution in [2.24, 2.45) is 5.92 Å². The van der Waals surface area contributed by atoms with Gasteiger partial charge in [-0.15, -0.1) is 0 Å². The molecule has 0 atom stereocenters. The Hall–Kier alpha value is -1.53. The molecule has 1 aliphatic heterocycles. The highest BCUT2D eigenvalue weighted by Crippen LogP contribution is 2.22. The number of aryl methyl sites for hydroxylation is 1. The van der Waals surface area contributed by atoms with Crippen LogP contribution in [0.5, 0.6) is 0 Å². The van der Waals surface area contributed by atoms with Gasteiger partial charge in [-0.3, -0.25) is 4.79 Å². The number of amides is 1. The van der Waals surface area contributed by atoms with Gasteiger partial charge in [-0.1, -0.05) is 17.7 Å². The number of nitrogens with zero attached hydrogens (tertiary/aromatic N) is 2. The lowest BCUT2D eigenvalue weighted by Gasteiger charge is -2.29. The summed E-state index contributed by atoms with van der Waals surface area (Å²) in [4.78, 5) is 14.1. The largest absolute Gasteiger partial charge is 0.339 e. The molecule has 1 fully saturated rings. The van der Waals surface area contributed by atoms with E-state index in [1.165, 1.54) is 0 Å². The predicted molar refractivity (Wildman–Crippen MR) is 70.4 cm³/mol. The second-order valence-electron chi connectivity index (χ2n) is 4.68. The van der Waals surface area contributed by atoms with E-state index in [1.807, 2.05) is 13.0 Å². The SMILES string of the molecule is Cc1ccc(C(=O)N2CCC(C#N)CC2)c(Cl)c1. The first-order valence-corrected chi connectivity index (χ1v) is 6.44. The first-order valence-electron chi connectivity index (χ1n) is 6.07. The molecule has 94 valence electrons. The van der Waals surface area contributed by atoms with Gasteiger partial charge >= 0.3 is 0 Å². The normalized spacial score (nSPS) is 16.4. The maximum atomic E-state index is 12.3. The molecule has 0 bridgehead atoms. The average Bonchev–Trinajstić information content (AvgIpc) is 2.38. The number of hydrogen-bond donors (Lipinski definition) is 0. The summed E-state index contributed by atoms with van der Waals surface area (Å²) >= 11 is 6.10. The van der Waals surface area contributed by atoms with Gasteiger partial charge in [0.1, 0.15) is 0 Å². The van der Waals surface area contributed by atoms with Crippen LogP contribution in [0.15, 0.2) is 18.2 Å². The quantitative estimate of drug-likeness (QED) is 0.781. The molecule has 0 spiro atoms. The van der Waals surface area contributed by atoms with Crippen molar-refractivity contribution in [2.45, 2.75) is 19.8 Å². The van der Waals surface area contributed by atoms with E-state index in [9.17, 15) is 4.79 Å². The van der Waals surface area contributed by atoms with Crippen molar-refractivity contribution in [3.05, 3.63) is 34.3 Å². The fourth-order valence-electron chi connectivity index (χ4n) is 2.18. The number of halogens is 1. The van der Waals surface area contributed by atoms with Crippen LogP contribution in [0.4, 0.5) is 0 Å². The minimum Gasteiger partial charge on any atom is -0.339 e. The van der Waals surface area contributed by atoms with Gasteiger partial charge in [0.25, 0.3) is 5.91 Å². The van der Waals surface area contributed by atoms with Gasteiger partial charge in [0, 0.05) is 19.0 Å². The Morgan fingerprint density at radius 3 is 2.67 bits per heavy atom. The van der Waals surface area contributed by atoms with Gasteiger partial charge in [-0.2, -0.15) is 5.26 Å². The van der Waals surface area contributed by atoms with Crippen molar-refractivity contribution in [1.82, 2.24) is 4.90 Å². The van der Waals surface area contributed by atoms with Gasteiger partial charge in [0.2, 0.25) is 0 Å². The molecule has 4 heteroatoms. The third-order valence-electron chi connectivity index (χ3n) is 3.32. The number of likely N-dealkylation sites (tertiary alicyclic amines) is 1. The van der Waals surface area contributed by atoms with Gasteiger partial charge in [0.05, 0.1) is 16.7 Å². The molecule has 2 rings (SSSR count). The lowest BCUT2D eigenvalue weighted by molar-refractivity contribution is 0.0707. The van der Waals surface area contributed by atoms with Crippen molar-refractivity contribution in [2.75, 3.05) is 13.1 Å². The number of rotatable bonds is 1. The molecule has 0 aliphatic carbocycles. The van der Waals surface area contributed by atoms with E-state index in [0.29, 0.717) is 23.7 Å². The fraction of sp³-hybridized carbons (Fsp3) is 0.429. The Balaban J connectivity index is 2.11. The number of carbonyl (C=O) groups excluding carboxylic acids is 1. The van der Waals surface area contributed by atoms with E-state index in [-0.39, 0.29) is 11.8 Å². The molecule has 1 saturated heterocycles. The average molecular weight is 263 g/mol. The first-order chi connectivity index (χ1) is 8.61. The summed E-state index contributed by atoms with van der Waals surface area (Å²) in [6.45, 7) is 3.22. The van der Waals surface area contributed by atoms with Crippen LogP contribution < -0.4 is 0 Å². The number of nitriles is 1. The molecular weight excluding hydrogens is 248 g/mol. The van der Waals surface area contributed by atoms with Crippen LogP contribution in [0.1, 0.15) is 28.8 Å². The molecule has 0 saturated carbocycles. The van der Waals surface area contributed by atoms with Gasteiger partial charge in [0.15, 0.2) is 0 Å². The van der Waals surface area contributed by atoms with E-state index in [0.717, 1.165) is 18.4 Å². The van der Waals surface area contributed by atoms with Crippen molar-refractivity contribution in [3.8, 4) is 6.07 Å². The molecule has 1 aromatic carbocycles. The standard InChI is InChI=1S/C14H15ClN2O/c1-10-2-3-12(13(15)8-10)14(18)17-6-4-11(9-16)5-7-17/h2-3,8,11H,4-7H2,1H3. The zero-order chi connectivity index (χ0) is 13.1. The van der Waals surface area contributed by atoms with Gasteiger partial charge in [-0.05, 0) is 37.5 Å². The van der Waals surface area contributed by atoms with E-state index in [1.54, 1.807) is 17.0 Å². The van der Waals surface area contributed by atoms with Crippen molar-refractivity contribution >= 4 is 17.5 Å². The molecule has 1 amide bonds. The highest BCUT2D eigenvalue weighted by Gasteiger charge is 2.24. The molecule has 18 heavy (non-hydrogen) atoms. The van der Waals surface area contributed by atoms with E-state index >= 15 is 0 Å². The zero-order valence-corrected chi connectivity index (χ0v) is 11.1. The second kappa shape index (κ2) is 5.41. The molecular formula is C14H15ClN2O. The van der Waals surface area contributed by atoms with Crippen LogP contribution in [0.2, 0.25) is 5.02 Å². The summed E-state index contributed by atoms with van der Waals surface area (Å²) < 4.78 is 0. The maximum Gasteiger partial charge on any atom is 0.255 e. The summed E-state index contributed by atoms with van der Waals surface area (Å²) in [7, 11) is 0. The molecule has 0 aromatic heterocycles. The van der Waals surface area contributed by atoms with Crippen LogP contribution in [0.25, 0.3) is 0 Å². The van der Waals surface area contributed by atoms with Gasteiger partial charge in [-0.25, -0.2) is 0 Å². The number of carbonyl (C=O) groups is 1. The van der Waals surface area contributed by atoms with E-state index in [4.69, 9.17) is 16.9 Å². The molecule has 1 aromatic rings. The third kappa shape index (κ3) is 2.65. The van der Waals surface area contributed by atoms with Crippen molar-refractivity contribution in [1.29, 1.82) is 5.26 Å². The number of piperidine rings is 1. The Kier molecular flexibility index (Phi) is 3.88. The van der Waals surface area contributed by atoms with Crippen LogP contribution in [-0.4, -0.2) is 23.9 Å². The number of benzene rings is 1. The minimum absolute atomic E-state index is 0.0311. The number of hydrogen-bond acceptors (Lipinski definition) is 2. The Morgan fingerprint density at radius 1 is 1.44 bits per heavy atom. The summed E-state index contributed by atoms with van der Waals surface area (Å²) in [6, 6.07) is 7.72. The molecule has 0 N–H and O–H groups in total. The molecule has 0 radical (unpaired) electrons. The second-order valence-corrected chi connectivity index (χ2v) is 5.09. The summed E-state index contributed by atoms with van der Waals surface area (Å²) in [6.07, 6.45) is 1.51. The fourth-order valence-corrected chi connectivity index (χ4v) is 2.49.